The van der Waals surface area contributed by atoms with Crippen LogP contribution in [0.1, 0.15) is 43.0 Å². The second-order valence-electron chi connectivity index (χ2n) is 6.60. The van der Waals surface area contributed by atoms with Crippen LogP contribution in [0.3, 0.4) is 0 Å². The van der Waals surface area contributed by atoms with E-state index in [1.807, 2.05) is 6.92 Å². The zero-order valence-electron chi connectivity index (χ0n) is 16.6. The predicted molar refractivity (Wildman–Crippen MR) is 112 cm³/mol. The standard InChI is InChI=1S/C20H28FN5OS/c1-4-22-20(25-12-19-26-17(13-28-19)14(2)3)24-9-8-23-18(27)11-15-6-5-7-16(21)10-15/h5-7,10,13-14H,4,8-9,11-12H2,1-3H3,(H,23,27)(H2,22,24,25). The maximum Gasteiger partial charge on any atom is 0.224 e. The second-order valence-corrected chi connectivity index (χ2v) is 7.54. The van der Waals surface area contributed by atoms with Gasteiger partial charge < -0.3 is 16.0 Å². The van der Waals surface area contributed by atoms with Crippen LogP contribution in [0.5, 0.6) is 0 Å². The fraction of sp³-hybridized carbons (Fsp3) is 0.450. The van der Waals surface area contributed by atoms with E-state index < -0.39 is 0 Å². The van der Waals surface area contributed by atoms with E-state index in [9.17, 15) is 9.18 Å². The van der Waals surface area contributed by atoms with Crippen molar-refractivity contribution in [3.8, 4) is 0 Å². The quantitative estimate of drug-likeness (QED) is 0.341. The zero-order chi connectivity index (χ0) is 20.4. The highest BCUT2D eigenvalue weighted by molar-refractivity contribution is 7.09. The highest BCUT2D eigenvalue weighted by Crippen LogP contribution is 2.18. The van der Waals surface area contributed by atoms with E-state index in [2.05, 4.69) is 45.2 Å². The predicted octanol–water partition coefficient (Wildman–Crippen LogP) is 2.82. The first-order chi connectivity index (χ1) is 13.5. The second kappa shape index (κ2) is 11.4. The molecule has 0 aliphatic heterocycles. The van der Waals surface area contributed by atoms with Gasteiger partial charge in [0, 0.05) is 25.0 Å². The number of amides is 1. The lowest BCUT2D eigenvalue weighted by Crippen LogP contribution is -2.41. The van der Waals surface area contributed by atoms with Gasteiger partial charge >= 0.3 is 0 Å². The molecule has 8 heteroatoms. The number of hydrogen-bond donors (Lipinski definition) is 3. The number of nitrogens with zero attached hydrogens (tertiary/aromatic N) is 2. The number of halogens is 1. The molecule has 1 aromatic carbocycles. The van der Waals surface area contributed by atoms with Gasteiger partial charge in [-0.2, -0.15) is 0 Å². The Bertz CT molecular complexity index is 790. The van der Waals surface area contributed by atoms with Gasteiger partial charge in [0.05, 0.1) is 18.7 Å². The smallest absolute Gasteiger partial charge is 0.224 e. The number of aliphatic imine (C=N–C) groups is 1. The molecule has 0 bridgehead atoms. The monoisotopic (exact) mass is 405 g/mol. The lowest BCUT2D eigenvalue weighted by Gasteiger charge is -2.11. The SMILES string of the molecule is CCNC(=NCc1nc(C(C)C)cs1)NCCNC(=O)Cc1cccc(F)c1. The number of benzene rings is 1. The average Bonchev–Trinajstić information content (AvgIpc) is 3.12. The normalized spacial score (nSPS) is 11.5. The first kappa shape index (κ1) is 21.8. The minimum Gasteiger partial charge on any atom is -0.357 e. The molecule has 0 radical (unpaired) electrons. The molecule has 1 heterocycles. The van der Waals surface area contributed by atoms with Crippen LogP contribution in [0.2, 0.25) is 0 Å². The third-order valence-electron chi connectivity index (χ3n) is 3.87. The summed E-state index contributed by atoms with van der Waals surface area (Å²) in [4.78, 5) is 21.1. The minimum absolute atomic E-state index is 0.140. The van der Waals surface area contributed by atoms with Crippen molar-refractivity contribution in [2.24, 2.45) is 4.99 Å². The fourth-order valence-corrected chi connectivity index (χ4v) is 3.31. The highest BCUT2D eigenvalue weighted by atomic mass is 32.1. The lowest BCUT2D eigenvalue weighted by atomic mass is 10.1. The van der Waals surface area contributed by atoms with E-state index >= 15 is 0 Å². The average molecular weight is 406 g/mol. The van der Waals surface area contributed by atoms with Gasteiger partial charge in [0.25, 0.3) is 0 Å². The van der Waals surface area contributed by atoms with E-state index in [-0.39, 0.29) is 18.1 Å². The summed E-state index contributed by atoms with van der Waals surface area (Å²) in [7, 11) is 0. The summed E-state index contributed by atoms with van der Waals surface area (Å²) in [6.07, 6.45) is 0.161. The van der Waals surface area contributed by atoms with Gasteiger partial charge in [-0.3, -0.25) is 4.79 Å². The molecule has 28 heavy (non-hydrogen) atoms. The van der Waals surface area contributed by atoms with Crippen LogP contribution in [0, 0.1) is 5.82 Å². The van der Waals surface area contributed by atoms with E-state index in [0.29, 0.717) is 37.1 Å². The summed E-state index contributed by atoms with van der Waals surface area (Å²) in [5, 5.41) is 12.2. The van der Waals surface area contributed by atoms with E-state index in [1.54, 1.807) is 23.5 Å². The number of aromatic nitrogens is 1. The van der Waals surface area contributed by atoms with Gasteiger partial charge in [-0.15, -0.1) is 11.3 Å². The molecule has 0 spiro atoms. The Balaban J connectivity index is 1.75. The molecule has 2 rings (SSSR count). The van der Waals surface area contributed by atoms with Gasteiger partial charge in [0.15, 0.2) is 5.96 Å². The summed E-state index contributed by atoms with van der Waals surface area (Å²) < 4.78 is 13.2. The molecule has 0 saturated heterocycles. The summed E-state index contributed by atoms with van der Waals surface area (Å²) >= 11 is 1.61. The molecular formula is C20H28FN5OS. The summed E-state index contributed by atoms with van der Waals surface area (Å²) in [6, 6.07) is 6.07. The fourth-order valence-electron chi connectivity index (χ4n) is 2.43. The van der Waals surface area contributed by atoms with Gasteiger partial charge in [-0.1, -0.05) is 26.0 Å². The van der Waals surface area contributed by atoms with Gasteiger partial charge in [-0.25, -0.2) is 14.4 Å². The molecule has 0 fully saturated rings. The summed E-state index contributed by atoms with van der Waals surface area (Å²) in [5.74, 6) is 0.622. The van der Waals surface area contributed by atoms with Crippen LogP contribution >= 0.6 is 11.3 Å². The molecule has 0 saturated carbocycles. The van der Waals surface area contributed by atoms with Gasteiger partial charge in [0.1, 0.15) is 10.8 Å². The number of thiazole rings is 1. The van der Waals surface area contributed by atoms with Crippen molar-refractivity contribution in [1.82, 2.24) is 20.9 Å². The molecule has 0 unspecified atom stereocenters. The maximum absolute atomic E-state index is 13.2. The van der Waals surface area contributed by atoms with Crippen LogP contribution in [-0.4, -0.2) is 36.5 Å². The molecule has 0 aliphatic carbocycles. The van der Waals surface area contributed by atoms with E-state index in [4.69, 9.17) is 0 Å². The highest BCUT2D eigenvalue weighted by Gasteiger charge is 2.06. The zero-order valence-corrected chi connectivity index (χ0v) is 17.4. The topological polar surface area (TPSA) is 78.4 Å². The Morgan fingerprint density at radius 3 is 2.71 bits per heavy atom. The van der Waals surface area contributed by atoms with Crippen LogP contribution in [-0.2, 0) is 17.8 Å². The van der Waals surface area contributed by atoms with E-state index in [0.717, 1.165) is 17.2 Å². The third kappa shape index (κ3) is 7.64. The first-order valence-corrected chi connectivity index (χ1v) is 10.3. The molecule has 152 valence electrons. The molecule has 1 amide bonds. The third-order valence-corrected chi connectivity index (χ3v) is 4.72. The van der Waals surface area contributed by atoms with Crippen molar-refractivity contribution < 1.29 is 9.18 Å². The number of carbonyl (C=O) groups is 1. The number of rotatable bonds is 9. The van der Waals surface area contributed by atoms with Crippen molar-refractivity contribution in [3.05, 3.63) is 51.7 Å². The number of guanidine groups is 1. The molecule has 3 N–H and O–H groups in total. The molecule has 0 aliphatic rings. The van der Waals surface area contributed by atoms with Crippen molar-refractivity contribution in [2.45, 2.75) is 39.7 Å². The summed E-state index contributed by atoms with van der Waals surface area (Å²) in [5.41, 5.74) is 1.75. The number of hydrogen-bond acceptors (Lipinski definition) is 4. The van der Waals surface area contributed by atoms with Gasteiger partial charge in [0.2, 0.25) is 5.91 Å². The van der Waals surface area contributed by atoms with Gasteiger partial charge in [-0.05, 0) is 30.5 Å². The molecule has 1 aromatic heterocycles. The largest absolute Gasteiger partial charge is 0.357 e. The van der Waals surface area contributed by atoms with Crippen molar-refractivity contribution in [1.29, 1.82) is 0 Å². The molecule has 6 nitrogen and oxygen atoms in total. The maximum atomic E-state index is 13.2. The van der Waals surface area contributed by atoms with Crippen molar-refractivity contribution in [3.63, 3.8) is 0 Å². The lowest BCUT2D eigenvalue weighted by molar-refractivity contribution is -0.120. The first-order valence-electron chi connectivity index (χ1n) is 9.45. The van der Waals surface area contributed by atoms with E-state index in [1.165, 1.54) is 12.1 Å². The minimum atomic E-state index is -0.334. The Labute approximate surface area is 169 Å². The Kier molecular flexibility index (Phi) is 8.87. The Morgan fingerprint density at radius 2 is 2.04 bits per heavy atom. The Hall–Kier alpha value is -2.48. The van der Waals surface area contributed by atoms with Crippen LogP contribution < -0.4 is 16.0 Å². The van der Waals surface area contributed by atoms with Crippen LogP contribution in [0.25, 0.3) is 0 Å². The van der Waals surface area contributed by atoms with Crippen molar-refractivity contribution in [2.75, 3.05) is 19.6 Å². The van der Waals surface area contributed by atoms with Crippen LogP contribution in [0.15, 0.2) is 34.6 Å². The summed E-state index contributed by atoms with van der Waals surface area (Å²) in [6.45, 7) is 8.49. The van der Waals surface area contributed by atoms with Crippen LogP contribution in [0.4, 0.5) is 4.39 Å². The molecule has 2 aromatic rings. The Morgan fingerprint density at radius 1 is 1.25 bits per heavy atom. The molecule has 0 atom stereocenters. The number of nitrogens with one attached hydrogen (secondary N) is 3. The number of carbonyl (C=O) groups excluding carboxylic acids is 1. The molecular weight excluding hydrogens is 377 g/mol. The van der Waals surface area contributed by atoms with Crippen molar-refractivity contribution >= 4 is 23.2 Å².